The van der Waals surface area contributed by atoms with Gasteiger partial charge in [0.15, 0.2) is 0 Å². The summed E-state index contributed by atoms with van der Waals surface area (Å²) in [6.07, 6.45) is 4.69. The molecule has 5 atom stereocenters. The molecule has 1 saturated carbocycles. The van der Waals surface area contributed by atoms with Gasteiger partial charge in [-0.05, 0) is 30.2 Å². The third-order valence-corrected chi connectivity index (χ3v) is 7.14. The molecule has 1 fully saturated rings. The maximum Gasteiger partial charge on any atom is 0.0566 e. The number of rotatable bonds is 5. The Hall–Kier alpha value is -0.670. The summed E-state index contributed by atoms with van der Waals surface area (Å²) < 4.78 is 13.1. The van der Waals surface area contributed by atoms with E-state index in [4.69, 9.17) is 5.73 Å². The predicted octanol–water partition coefficient (Wildman–Crippen LogP) is 4.04. The molecule has 5 unspecified atom stereocenters. The van der Waals surface area contributed by atoms with Crippen molar-refractivity contribution in [1.29, 1.82) is 0 Å². The van der Waals surface area contributed by atoms with Gasteiger partial charge in [0.25, 0.3) is 0 Å². The molecule has 0 saturated heterocycles. The molecule has 0 radical (unpaired) electrons. The second-order valence-electron chi connectivity index (χ2n) is 6.87. The molecular weight excluding hydrogens is 278 g/mol. The number of hydrogen-bond donors (Lipinski definition) is 1. The lowest BCUT2D eigenvalue weighted by Gasteiger charge is -2.34. The molecule has 1 aromatic rings. The summed E-state index contributed by atoms with van der Waals surface area (Å²) in [7, 11) is -0.851. The van der Waals surface area contributed by atoms with E-state index >= 15 is 0 Å². The standard InChI is InChI=1S/C18H29NOS/c1-13(2)18(17(19)15-9-5-4-6-10-15)21(20)16-11-7-8-14(3)12-16/h4-6,9-10,13-14,16-18H,7-8,11-12,19H2,1-3H3. The van der Waals surface area contributed by atoms with Gasteiger partial charge >= 0.3 is 0 Å². The van der Waals surface area contributed by atoms with Crippen molar-refractivity contribution in [3.05, 3.63) is 35.9 Å². The highest BCUT2D eigenvalue weighted by Crippen LogP contribution is 2.33. The zero-order chi connectivity index (χ0) is 15.4. The van der Waals surface area contributed by atoms with Crippen LogP contribution >= 0.6 is 0 Å². The molecular formula is C18H29NOS. The van der Waals surface area contributed by atoms with Crippen LogP contribution in [0.25, 0.3) is 0 Å². The predicted molar refractivity (Wildman–Crippen MR) is 91.6 cm³/mol. The van der Waals surface area contributed by atoms with Crippen molar-refractivity contribution in [2.45, 2.75) is 63.0 Å². The molecule has 0 aromatic heterocycles. The first-order valence-electron chi connectivity index (χ1n) is 8.20. The van der Waals surface area contributed by atoms with Crippen LogP contribution in [-0.4, -0.2) is 14.7 Å². The molecule has 0 spiro atoms. The monoisotopic (exact) mass is 307 g/mol. The smallest absolute Gasteiger partial charge is 0.0566 e. The van der Waals surface area contributed by atoms with Crippen LogP contribution in [0.4, 0.5) is 0 Å². The Morgan fingerprint density at radius 2 is 1.86 bits per heavy atom. The lowest BCUT2D eigenvalue weighted by atomic mass is 9.90. The minimum Gasteiger partial charge on any atom is -0.323 e. The Labute approximate surface area is 132 Å². The average Bonchev–Trinajstić information content (AvgIpc) is 2.47. The maximum absolute atomic E-state index is 13.1. The number of hydrogen-bond acceptors (Lipinski definition) is 2. The molecule has 21 heavy (non-hydrogen) atoms. The van der Waals surface area contributed by atoms with E-state index in [9.17, 15) is 4.21 Å². The van der Waals surface area contributed by atoms with E-state index in [1.807, 2.05) is 18.2 Å². The second-order valence-corrected chi connectivity index (χ2v) is 8.74. The topological polar surface area (TPSA) is 43.1 Å². The Bertz CT molecular complexity index is 460. The maximum atomic E-state index is 13.1. The van der Waals surface area contributed by atoms with E-state index in [2.05, 4.69) is 32.9 Å². The summed E-state index contributed by atoms with van der Waals surface area (Å²) in [5.41, 5.74) is 7.59. The van der Waals surface area contributed by atoms with E-state index in [1.54, 1.807) is 0 Å². The first-order chi connectivity index (χ1) is 10.0. The van der Waals surface area contributed by atoms with E-state index in [0.29, 0.717) is 17.1 Å². The lowest BCUT2D eigenvalue weighted by Crippen LogP contribution is -2.40. The number of benzene rings is 1. The SMILES string of the molecule is CC1CCCC(S(=O)C(C(C)C)C(N)c2ccccc2)C1. The fourth-order valence-electron chi connectivity index (χ4n) is 3.50. The van der Waals surface area contributed by atoms with Crippen LogP contribution < -0.4 is 5.73 Å². The first kappa shape index (κ1) is 16.7. The molecule has 2 N–H and O–H groups in total. The van der Waals surface area contributed by atoms with Crippen LogP contribution in [0.2, 0.25) is 0 Å². The number of nitrogens with two attached hydrogens (primary N) is 1. The minimum absolute atomic E-state index is 0.0442. The van der Waals surface area contributed by atoms with Crippen LogP contribution in [-0.2, 0) is 10.8 Å². The van der Waals surface area contributed by atoms with Gasteiger partial charge in [-0.25, -0.2) is 0 Å². The summed E-state index contributed by atoms with van der Waals surface area (Å²) in [6.45, 7) is 6.58. The van der Waals surface area contributed by atoms with Gasteiger partial charge in [0.05, 0.1) is 5.25 Å². The van der Waals surface area contributed by atoms with E-state index in [0.717, 1.165) is 18.4 Å². The van der Waals surface area contributed by atoms with Crippen molar-refractivity contribution in [2.75, 3.05) is 0 Å². The van der Waals surface area contributed by atoms with Crippen molar-refractivity contribution in [3.63, 3.8) is 0 Å². The Balaban J connectivity index is 2.16. The summed E-state index contributed by atoms with van der Waals surface area (Å²) in [5.74, 6) is 1.03. The van der Waals surface area contributed by atoms with Crippen LogP contribution in [0.3, 0.4) is 0 Å². The molecule has 1 aliphatic carbocycles. The Morgan fingerprint density at radius 1 is 1.19 bits per heavy atom. The molecule has 2 rings (SSSR count). The largest absolute Gasteiger partial charge is 0.323 e. The van der Waals surface area contributed by atoms with Gasteiger partial charge in [0.2, 0.25) is 0 Å². The quantitative estimate of drug-likeness (QED) is 0.892. The van der Waals surface area contributed by atoms with E-state index < -0.39 is 10.8 Å². The summed E-state index contributed by atoms with van der Waals surface area (Å²) >= 11 is 0. The molecule has 0 aliphatic heterocycles. The van der Waals surface area contributed by atoms with Crippen LogP contribution in [0, 0.1) is 11.8 Å². The van der Waals surface area contributed by atoms with Crippen LogP contribution in [0.15, 0.2) is 30.3 Å². The van der Waals surface area contributed by atoms with Gasteiger partial charge in [0.1, 0.15) is 0 Å². The third-order valence-electron chi connectivity index (χ3n) is 4.68. The van der Waals surface area contributed by atoms with Gasteiger partial charge in [-0.3, -0.25) is 4.21 Å². The van der Waals surface area contributed by atoms with Crippen molar-refractivity contribution in [1.82, 2.24) is 0 Å². The van der Waals surface area contributed by atoms with Gasteiger partial charge in [-0.1, -0.05) is 63.9 Å². The lowest BCUT2D eigenvalue weighted by molar-refractivity contribution is 0.384. The van der Waals surface area contributed by atoms with Gasteiger partial charge in [-0.2, -0.15) is 0 Å². The summed E-state index contributed by atoms with van der Waals surface area (Å²) in [4.78, 5) is 0. The van der Waals surface area contributed by atoms with E-state index in [1.165, 1.54) is 12.8 Å². The minimum atomic E-state index is -0.851. The normalized spacial score (nSPS) is 27.3. The highest BCUT2D eigenvalue weighted by Gasteiger charge is 2.34. The molecule has 0 bridgehead atoms. The van der Waals surface area contributed by atoms with Crippen molar-refractivity contribution >= 4 is 10.8 Å². The molecule has 2 nitrogen and oxygen atoms in total. The highest BCUT2D eigenvalue weighted by molar-refractivity contribution is 7.86. The van der Waals surface area contributed by atoms with Crippen LogP contribution in [0.1, 0.15) is 58.1 Å². The van der Waals surface area contributed by atoms with E-state index in [-0.39, 0.29) is 11.3 Å². The Kier molecular flexibility index (Phi) is 6.00. The van der Waals surface area contributed by atoms with Crippen molar-refractivity contribution in [2.24, 2.45) is 17.6 Å². The fraction of sp³-hybridized carbons (Fsp3) is 0.667. The second kappa shape index (κ2) is 7.55. The third kappa shape index (κ3) is 4.17. The van der Waals surface area contributed by atoms with Crippen molar-refractivity contribution < 1.29 is 4.21 Å². The molecule has 0 amide bonds. The van der Waals surface area contributed by atoms with Gasteiger partial charge < -0.3 is 5.73 Å². The Morgan fingerprint density at radius 3 is 2.43 bits per heavy atom. The zero-order valence-electron chi connectivity index (χ0n) is 13.5. The van der Waals surface area contributed by atoms with Gasteiger partial charge in [-0.15, -0.1) is 0 Å². The molecule has 1 aliphatic rings. The summed E-state index contributed by atoms with van der Waals surface area (Å²) in [6, 6.07) is 10.0. The van der Waals surface area contributed by atoms with Gasteiger partial charge in [0, 0.05) is 22.1 Å². The summed E-state index contributed by atoms with van der Waals surface area (Å²) in [5, 5.41) is 0.374. The molecule has 118 valence electrons. The first-order valence-corrected chi connectivity index (χ1v) is 9.48. The molecule has 3 heteroatoms. The zero-order valence-corrected chi connectivity index (χ0v) is 14.3. The highest BCUT2D eigenvalue weighted by atomic mass is 32.2. The molecule has 1 aromatic carbocycles. The van der Waals surface area contributed by atoms with Crippen LogP contribution in [0.5, 0.6) is 0 Å². The fourth-order valence-corrected chi connectivity index (χ4v) is 5.85. The average molecular weight is 308 g/mol. The van der Waals surface area contributed by atoms with Crippen molar-refractivity contribution in [3.8, 4) is 0 Å². The molecule has 0 heterocycles.